The zero-order valence-electron chi connectivity index (χ0n) is 7.87. The Morgan fingerprint density at radius 3 is 2.12 bits per heavy atom. The van der Waals surface area contributed by atoms with Crippen LogP contribution in [-0.2, 0) is 16.2 Å². The van der Waals surface area contributed by atoms with Crippen LogP contribution in [0.2, 0.25) is 0 Å². The van der Waals surface area contributed by atoms with Gasteiger partial charge < -0.3 is 0 Å². The maximum absolute atomic E-state index is 12.3. The lowest BCUT2D eigenvalue weighted by Gasteiger charge is -2.10. The van der Waals surface area contributed by atoms with Gasteiger partial charge in [0.1, 0.15) is 5.69 Å². The van der Waals surface area contributed by atoms with Gasteiger partial charge in [0.05, 0.1) is 5.56 Å². The summed E-state index contributed by atoms with van der Waals surface area (Å²) in [5, 5.41) is 3.29. The summed E-state index contributed by atoms with van der Waals surface area (Å²) in [7, 11) is -4.59. The number of hydrogen-bond donors (Lipinski definition) is 1. The normalized spacial score (nSPS) is 13.1. The Morgan fingerprint density at radius 2 is 1.76 bits per heavy atom. The van der Waals surface area contributed by atoms with E-state index in [1.54, 1.807) is 0 Å². The lowest BCUT2D eigenvalue weighted by molar-refractivity contribution is -0.138. The molecular weight excluding hydrogens is 271 g/mol. The first-order chi connectivity index (χ1) is 7.51. The standard InChI is InChI=1S/C7H5F5N2O2S/c8-6(9)4-1-3(7(10,11)12)2-5(14-4)17(13,15)16/h1-2,6H,(H2,13,15,16). The number of halogens is 5. The highest BCUT2D eigenvalue weighted by atomic mass is 32.2. The predicted octanol–water partition coefficient (Wildman–Crippen LogP) is 1.69. The lowest BCUT2D eigenvalue weighted by Crippen LogP contribution is -2.17. The molecule has 17 heavy (non-hydrogen) atoms. The van der Waals surface area contributed by atoms with Crippen LogP contribution < -0.4 is 5.14 Å². The van der Waals surface area contributed by atoms with Gasteiger partial charge >= 0.3 is 6.18 Å². The molecule has 0 saturated carbocycles. The molecule has 0 aliphatic carbocycles. The van der Waals surface area contributed by atoms with Gasteiger partial charge in [-0.1, -0.05) is 0 Å². The quantitative estimate of drug-likeness (QED) is 0.835. The third-order valence-corrected chi connectivity index (χ3v) is 2.46. The average molecular weight is 276 g/mol. The molecule has 0 bridgehead atoms. The number of aromatic nitrogens is 1. The molecule has 0 aliphatic heterocycles. The molecule has 96 valence electrons. The third kappa shape index (κ3) is 3.33. The van der Waals surface area contributed by atoms with Crippen molar-refractivity contribution in [2.45, 2.75) is 17.6 Å². The van der Waals surface area contributed by atoms with E-state index in [4.69, 9.17) is 0 Å². The summed E-state index contributed by atoms with van der Waals surface area (Å²) in [5.74, 6) is 0. The first-order valence-corrected chi connectivity index (χ1v) is 5.46. The van der Waals surface area contributed by atoms with Crippen LogP contribution in [-0.4, -0.2) is 13.4 Å². The monoisotopic (exact) mass is 276 g/mol. The number of rotatable bonds is 2. The minimum atomic E-state index is -4.97. The van der Waals surface area contributed by atoms with E-state index in [1.807, 2.05) is 0 Å². The molecule has 0 aromatic carbocycles. The van der Waals surface area contributed by atoms with E-state index in [-0.39, 0.29) is 12.1 Å². The van der Waals surface area contributed by atoms with Crippen LogP contribution in [0.5, 0.6) is 0 Å². The molecule has 0 atom stereocenters. The molecule has 0 saturated heterocycles. The summed E-state index contributed by atoms with van der Waals surface area (Å²) >= 11 is 0. The Labute approximate surface area is 92.3 Å². The summed E-state index contributed by atoms with van der Waals surface area (Å²) in [6, 6.07) is 0.167. The molecule has 1 aromatic heterocycles. The van der Waals surface area contributed by atoms with Crippen molar-refractivity contribution in [2.24, 2.45) is 5.14 Å². The Morgan fingerprint density at radius 1 is 1.24 bits per heavy atom. The second kappa shape index (κ2) is 4.18. The van der Waals surface area contributed by atoms with Gasteiger partial charge in [0.25, 0.3) is 16.4 Å². The van der Waals surface area contributed by atoms with Crippen molar-refractivity contribution < 1.29 is 30.4 Å². The molecule has 2 N–H and O–H groups in total. The fraction of sp³-hybridized carbons (Fsp3) is 0.286. The maximum Gasteiger partial charge on any atom is 0.416 e. The topological polar surface area (TPSA) is 73.1 Å². The molecule has 0 spiro atoms. The number of sulfonamides is 1. The second-order valence-corrected chi connectivity index (χ2v) is 4.47. The Hall–Kier alpha value is -1.29. The second-order valence-electron chi connectivity index (χ2n) is 2.96. The van der Waals surface area contributed by atoms with Gasteiger partial charge in [-0.15, -0.1) is 0 Å². The van der Waals surface area contributed by atoms with Crippen molar-refractivity contribution in [2.75, 3.05) is 0 Å². The summed E-state index contributed by atoms with van der Waals surface area (Å²) in [6.45, 7) is 0. The number of hydrogen-bond acceptors (Lipinski definition) is 3. The van der Waals surface area contributed by atoms with Crippen molar-refractivity contribution in [3.8, 4) is 0 Å². The zero-order valence-corrected chi connectivity index (χ0v) is 8.69. The largest absolute Gasteiger partial charge is 0.416 e. The third-order valence-electron chi connectivity index (χ3n) is 1.66. The molecule has 0 radical (unpaired) electrons. The van der Waals surface area contributed by atoms with E-state index in [1.165, 1.54) is 0 Å². The summed E-state index contributed by atoms with van der Waals surface area (Å²) < 4.78 is 82.9. The van der Waals surface area contributed by atoms with E-state index < -0.39 is 38.9 Å². The van der Waals surface area contributed by atoms with Gasteiger partial charge in [0.15, 0.2) is 5.03 Å². The maximum atomic E-state index is 12.3. The van der Waals surface area contributed by atoms with Crippen molar-refractivity contribution in [3.63, 3.8) is 0 Å². The molecule has 0 fully saturated rings. The molecule has 0 aliphatic rings. The van der Waals surface area contributed by atoms with E-state index in [0.717, 1.165) is 0 Å². The van der Waals surface area contributed by atoms with Crippen LogP contribution in [0, 0.1) is 0 Å². The highest BCUT2D eigenvalue weighted by molar-refractivity contribution is 7.89. The zero-order chi connectivity index (χ0) is 13.4. The SMILES string of the molecule is NS(=O)(=O)c1cc(C(F)(F)F)cc(C(F)F)n1. The van der Waals surface area contributed by atoms with Crippen molar-refractivity contribution in [3.05, 3.63) is 23.4 Å². The smallest absolute Gasteiger partial charge is 0.234 e. The van der Waals surface area contributed by atoms with Gasteiger partial charge in [0.2, 0.25) is 0 Å². The number of alkyl halides is 5. The number of pyridine rings is 1. The van der Waals surface area contributed by atoms with Crippen LogP contribution in [0.15, 0.2) is 17.2 Å². The van der Waals surface area contributed by atoms with Gasteiger partial charge in [-0.05, 0) is 12.1 Å². The number of nitrogens with two attached hydrogens (primary N) is 1. The molecule has 1 heterocycles. The fourth-order valence-corrected chi connectivity index (χ4v) is 1.47. The Balaban J connectivity index is 3.51. The van der Waals surface area contributed by atoms with Crippen LogP contribution in [0.4, 0.5) is 22.0 Å². The first kappa shape index (κ1) is 13.8. The summed E-state index contributed by atoms with van der Waals surface area (Å²) in [4.78, 5) is 2.85. The molecule has 1 rings (SSSR count). The molecular formula is C7H5F5N2O2S. The summed E-state index contributed by atoms with van der Waals surface area (Å²) in [5.41, 5.74) is -2.85. The minimum absolute atomic E-state index is 0.0688. The summed E-state index contributed by atoms with van der Waals surface area (Å²) in [6.07, 6.45) is -8.30. The van der Waals surface area contributed by atoms with E-state index in [9.17, 15) is 30.4 Å². The molecule has 0 amide bonds. The van der Waals surface area contributed by atoms with E-state index in [2.05, 4.69) is 10.1 Å². The fourth-order valence-electron chi connectivity index (χ4n) is 0.947. The average Bonchev–Trinajstić information content (AvgIpc) is 2.14. The van der Waals surface area contributed by atoms with Crippen molar-refractivity contribution >= 4 is 10.0 Å². The molecule has 0 unspecified atom stereocenters. The van der Waals surface area contributed by atoms with Crippen LogP contribution in [0.1, 0.15) is 17.7 Å². The van der Waals surface area contributed by atoms with Gasteiger partial charge in [-0.3, -0.25) is 0 Å². The van der Waals surface area contributed by atoms with E-state index >= 15 is 0 Å². The van der Waals surface area contributed by atoms with Gasteiger partial charge in [-0.25, -0.2) is 27.3 Å². The van der Waals surface area contributed by atoms with Crippen molar-refractivity contribution in [1.29, 1.82) is 0 Å². The minimum Gasteiger partial charge on any atom is -0.234 e. The number of primary sulfonamides is 1. The predicted molar refractivity (Wildman–Crippen MR) is 45.6 cm³/mol. The van der Waals surface area contributed by atoms with Crippen molar-refractivity contribution in [1.82, 2.24) is 4.98 Å². The Bertz CT molecular complexity index is 526. The Kier molecular flexibility index (Phi) is 3.39. The van der Waals surface area contributed by atoms with E-state index in [0.29, 0.717) is 0 Å². The highest BCUT2D eigenvalue weighted by Gasteiger charge is 2.33. The highest BCUT2D eigenvalue weighted by Crippen LogP contribution is 2.32. The first-order valence-electron chi connectivity index (χ1n) is 3.92. The van der Waals surface area contributed by atoms with Gasteiger partial charge in [-0.2, -0.15) is 13.2 Å². The van der Waals surface area contributed by atoms with Crippen LogP contribution >= 0.6 is 0 Å². The van der Waals surface area contributed by atoms with Crippen LogP contribution in [0.25, 0.3) is 0 Å². The van der Waals surface area contributed by atoms with Crippen LogP contribution in [0.3, 0.4) is 0 Å². The number of nitrogens with zero attached hydrogens (tertiary/aromatic N) is 1. The van der Waals surface area contributed by atoms with Gasteiger partial charge in [0, 0.05) is 0 Å². The molecule has 1 aromatic rings. The lowest BCUT2D eigenvalue weighted by atomic mass is 10.2. The molecule has 4 nitrogen and oxygen atoms in total. The molecule has 10 heteroatoms.